The molecule has 3 rings (SSSR count). The molecular weight excluding hydrogens is 402 g/mol. The Morgan fingerprint density at radius 1 is 1.39 bits per heavy atom. The second kappa shape index (κ2) is 9.86. The average molecular weight is 431 g/mol. The first-order valence-electron chi connectivity index (χ1n) is 10.5. The minimum Gasteiger partial charge on any atom is -0.383 e. The van der Waals surface area contributed by atoms with E-state index in [0.29, 0.717) is 44.7 Å². The Bertz CT molecular complexity index is 833. The van der Waals surface area contributed by atoms with Crippen molar-refractivity contribution >= 4 is 23.6 Å². The molecule has 168 valence electrons. The molecule has 4 amide bonds. The smallest absolute Gasteiger partial charge is 0.252 e. The molecule has 1 aromatic heterocycles. The number of carbonyl (C=O) groups excluding carboxylic acids is 4. The van der Waals surface area contributed by atoms with E-state index in [1.54, 1.807) is 38.4 Å². The van der Waals surface area contributed by atoms with E-state index < -0.39 is 23.5 Å². The van der Waals surface area contributed by atoms with Gasteiger partial charge >= 0.3 is 0 Å². The summed E-state index contributed by atoms with van der Waals surface area (Å²) >= 11 is 0. The summed E-state index contributed by atoms with van der Waals surface area (Å²) in [4.78, 5) is 56.4. The number of nitrogens with zero attached hydrogens (tertiary/aromatic N) is 2. The second-order valence-corrected chi connectivity index (χ2v) is 7.81. The summed E-state index contributed by atoms with van der Waals surface area (Å²) in [5.41, 5.74) is -0.774. The number of carbonyl (C=O) groups is 4. The van der Waals surface area contributed by atoms with E-state index in [2.05, 4.69) is 20.9 Å². The van der Waals surface area contributed by atoms with Gasteiger partial charge in [-0.25, -0.2) is 0 Å². The first-order chi connectivity index (χ1) is 14.9. The van der Waals surface area contributed by atoms with Crippen molar-refractivity contribution in [2.24, 2.45) is 0 Å². The lowest BCUT2D eigenvalue weighted by atomic mass is 9.89. The van der Waals surface area contributed by atoms with Crippen LogP contribution in [0.4, 0.5) is 0 Å². The molecule has 2 aliphatic rings. The summed E-state index contributed by atoms with van der Waals surface area (Å²) < 4.78 is 5.02. The van der Waals surface area contributed by atoms with E-state index in [4.69, 9.17) is 4.74 Å². The molecule has 0 spiro atoms. The van der Waals surface area contributed by atoms with Gasteiger partial charge in [-0.05, 0) is 38.3 Å². The van der Waals surface area contributed by atoms with Gasteiger partial charge in [-0.3, -0.25) is 24.2 Å². The maximum atomic E-state index is 13.4. The lowest BCUT2D eigenvalue weighted by molar-refractivity contribution is -0.148. The Labute approximate surface area is 181 Å². The topological polar surface area (TPSA) is 130 Å². The van der Waals surface area contributed by atoms with E-state index in [1.165, 1.54) is 4.90 Å². The van der Waals surface area contributed by atoms with Crippen LogP contribution in [0.5, 0.6) is 0 Å². The predicted molar refractivity (Wildman–Crippen MR) is 111 cm³/mol. The lowest BCUT2D eigenvalue weighted by Gasteiger charge is -2.38. The number of hydrogen-bond acceptors (Lipinski definition) is 6. The zero-order chi connectivity index (χ0) is 22.4. The van der Waals surface area contributed by atoms with Crippen LogP contribution in [0.25, 0.3) is 0 Å². The van der Waals surface area contributed by atoms with Gasteiger partial charge in [-0.15, -0.1) is 0 Å². The Morgan fingerprint density at radius 2 is 2.19 bits per heavy atom. The largest absolute Gasteiger partial charge is 0.383 e. The number of likely N-dealkylation sites (tertiary alicyclic amines) is 1. The Hall–Kier alpha value is -3.01. The Kier molecular flexibility index (Phi) is 7.21. The van der Waals surface area contributed by atoms with Crippen LogP contribution in [0.1, 0.15) is 38.3 Å². The molecule has 2 saturated heterocycles. The lowest BCUT2D eigenvalue weighted by Crippen LogP contribution is -2.60. The summed E-state index contributed by atoms with van der Waals surface area (Å²) in [7, 11) is 1.54. The SMILES string of the molecule is COCCNC(=O)[C@]1(c2ccccn2)CCCN1C(=O)[C@H](C)NC(=O)[C@@H]1CCC(=O)N1. The number of aromatic nitrogens is 1. The third-order valence-electron chi connectivity index (χ3n) is 5.74. The molecule has 0 aliphatic carbocycles. The molecule has 10 nitrogen and oxygen atoms in total. The van der Waals surface area contributed by atoms with Crippen molar-refractivity contribution in [2.75, 3.05) is 26.8 Å². The van der Waals surface area contributed by atoms with E-state index in [1.807, 2.05) is 0 Å². The van der Waals surface area contributed by atoms with Crippen molar-refractivity contribution < 1.29 is 23.9 Å². The molecule has 31 heavy (non-hydrogen) atoms. The number of amides is 4. The number of nitrogens with one attached hydrogen (secondary N) is 3. The fraction of sp³-hybridized carbons (Fsp3) is 0.571. The molecule has 0 aromatic carbocycles. The molecular formula is C21H29N5O5. The summed E-state index contributed by atoms with van der Waals surface area (Å²) in [6.07, 6.45) is 3.33. The molecule has 0 saturated carbocycles. The number of hydrogen-bond donors (Lipinski definition) is 3. The maximum absolute atomic E-state index is 13.4. The van der Waals surface area contributed by atoms with Gasteiger partial charge in [0.25, 0.3) is 5.91 Å². The van der Waals surface area contributed by atoms with Crippen LogP contribution in [-0.2, 0) is 29.5 Å². The van der Waals surface area contributed by atoms with Crippen LogP contribution in [0.15, 0.2) is 24.4 Å². The molecule has 2 fully saturated rings. The summed E-state index contributed by atoms with van der Waals surface area (Å²) in [6.45, 7) is 2.60. The van der Waals surface area contributed by atoms with E-state index in [-0.39, 0.29) is 24.1 Å². The first kappa shape index (κ1) is 22.7. The van der Waals surface area contributed by atoms with Crippen molar-refractivity contribution in [1.82, 2.24) is 25.8 Å². The molecule has 0 bridgehead atoms. The van der Waals surface area contributed by atoms with Gasteiger partial charge in [0.05, 0.1) is 12.3 Å². The highest BCUT2D eigenvalue weighted by molar-refractivity contribution is 5.97. The van der Waals surface area contributed by atoms with Crippen molar-refractivity contribution in [3.05, 3.63) is 30.1 Å². The number of pyridine rings is 1. The van der Waals surface area contributed by atoms with Gasteiger partial charge < -0.3 is 25.6 Å². The third-order valence-corrected chi connectivity index (χ3v) is 5.74. The third kappa shape index (κ3) is 4.68. The van der Waals surface area contributed by atoms with Crippen molar-refractivity contribution in [1.29, 1.82) is 0 Å². The standard InChI is InChI=1S/C21H29N5O5/c1-14(24-18(28)15-7-8-17(27)25-15)19(29)26-12-5-9-21(26,16-6-3-4-10-22-16)20(30)23-11-13-31-2/h3-4,6,10,14-15H,5,7-9,11-13H2,1-2H3,(H,23,30)(H,24,28)(H,25,27)/t14-,15-,21+/m0/s1. The van der Waals surface area contributed by atoms with Gasteiger partial charge in [-0.2, -0.15) is 0 Å². The van der Waals surface area contributed by atoms with E-state index in [9.17, 15) is 19.2 Å². The quantitative estimate of drug-likeness (QED) is 0.474. The second-order valence-electron chi connectivity index (χ2n) is 7.81. The molecule has 0 unspecified atom stereocenters. The molecule has 0 radical (unpaired) electrons. The number of methoxy groups -OCH3 is 1. The van der Waals surface area contributed by atoms with Crippen LogP contribution in [0.3, 0.4) is 0 Å². The normalized spacial score (nSPS) is 23.9. The van der Waals surface area contributed by atoms with Crippen LogP contribution in [0, 0.1) is 0 Å². The highest BCUT2D eigenvalue weighted by Crippen LogP contribution is 2.38. The maximum Gasteiger partial charge on any atom is 0.252 e. The molecule has 3 heterocycles. The van der Waals surface area contributed by atoms with Crippen LogP contribution >= 0.6 is 0 Å². The molecule has 3 N–H and O–H groups in total. The van der Waals surface area contributed by atoms with Gasteiger partial charge in [0, 0.05) is 32.8 Å². The van der Waals surface area contributed by atoms with Crippen LogP contribution in [0.2, 0.25) is 0 Å². The average Bonchev–Trinajstić information content (AvgIpc) is 3.41. The summed E-state index contributed by atoms with van der Waals surface area (Å²) in [5, 5.41) is 8.12. The van der Waals surface area contributed by atoms with E-state index in [0.717, 1.165) is 0 Å². The Balaban J connectivity index is 1.81. The molecule has 3 atom stereocenters. The fourth-order valence-corrected chi connectivity index (χ4v) is 4.18. The van der Waals surface area contributed by atoms with Crippen LogP contribution < -0.4 is 16.0 Å². The molecule has 1 aromatic rings. The van der Waals surface area contributed by atoms with Gasteiger partial charge in [0.15, 0.2) is 5.54 Å². The summed E-state index contributed by atoms with van der Waals surface area (Å²) in [5.74, 6) is -1.28. The summed E-state index contributed by atoms with van der Waals surface area (Å²) in [6, 6.07) is 3.76. The van der Waals surface area contributed by atoms with Crippen molar-refractivity contribution in [3.8, 4) is 0 Å². The highest BCUT2D eigenvalue weighted by Gasteiger charge is 2.52. The minimum absolute atomic E-state index is 0.180. The highest BCUT2D eigenvalue weighted by atomic mass is 16.5. The zero-order valence-corrected chi connectivity index (χ0v) is 17.8. The number of ether oxygens (including phenoxy) is 1. The molecule has 10 heteroatoms. The molecule has 2 aliphatic heterocycles. The Morgan fingerprint density at radius 3 is 2.84 bits per heavy atom. The minimum atomic E-state index is -1.26. The number of rotatable bonds is 8. The van der Waals surface area contributed by atoms with Gasteiger partial charge in [0.1, 0.15) is 12.1 Å². The van der Waals surface area contributed by atoms with Crippen molar-refractivity contribution in [2.45, 2.75) is 50.2 Å². The predicted octanol–water partition coefficient (Wildman–Crippen LogP) is -0.555. The van der Waals surface area contributed by atoms with Crippen molar-refractivity contribution in [3.63, 3.8) is 0 Å². The fourth-order valence-electron chi connectivity index (χ4n) is 4.18. The van der Waals surface area contributed by atoms with Crippen LogP contribution in [-0.4, -0.2) is 72.4 Å². The van der Waals surface area contributed by atoms with Gasteiger partial charge in [-0.1, -0.05) is 6.07 Å². The zero-order valence-electron chi connectivity index (χ0n) is 17.8. The van der Waals surface area contributed by atoms with Gasteiger partial charge in [0.2, 0.25) is 17.7 Å². The first-order valence-corrected chi connectivity index (χ1v) is 10.5. The van der Waals surface area contributed by atoms with E-state index >= 15 is 0 Å². The monoisotopic (exact) mass is 431 g/mol.